The number of hydrogen-bond donors (Lipinski definition) is 2. The van der Waals surface area contributed by atoms with Crippen molar-refractivity contribution in [1.82, 2.24) is 5.32 Å². The molecular weight excluding hydrogens is 248 g/mol. The Balaban J connectivity index is 2.55. The molecule has 0 saturated heterocycles. The molecule has 0 aliphatic carbocycles. The Morgan fingerprint density at radius 3 is 2.83 bits per heavy atom. The zero-order valence-corrected chi connectivity index (χ0v) is 12.0. The number of halogens is 1. The Morgan fingerprint density at radius 1 is 1.44 bits per heavy atom. The van der Waals surface area contributed by atoms with Crippen LogP contribution in [0.5, 0.6) is 0 Å². The molecule has 0 spiro atoms. The van der Waals surface area contributed by atoms with E-state index in [0.717, 1.165) is 30.6 Å². The highest BCUT2D eigenvalue weighted by Crippen LogP contribution is 2.23. The summed E-state index contributed by atoms with van der Waals surface area (Å²) in [5, 5.41) is 6.66. The van der Waals surface area contributed by atoms with Gasteiger partial charge >= 0.3 is 0 Å². The number of amides is 1. The van der Waals surface area contributed by atoms with Crippen LogP contribution in [0.25, 0.3) is 0 Å². The van der Waals surface area contributed by atoms with Gasteiger partial charge in [0.25, 0.3) is 0 Å². The normalized spacial score (nSPS) is 12.0. The van der Waals surface area contributed by atoms with Gasteiger partial charge in [0.05, 0.1) is 10.7 Å². The lowest BCUT2D eigenvalue weighted by atomic mass is 10.2. The fourth-order valence-corrected chi connectivity index (χ4v) is 1.76. The van der Waals surface area contributed by atoms with E-state index in [0.29, 0.717) is 5.02 Å². The molecule has 0 bridgehead atoms. The van der Waals surface area contributed by atoms with Crippen molar-refractivity contribution in [2.45, 2.75) is 39.7 Å². The molecule has 1 aromatic rings. The van der Waals surface area contributed by atoms with Gasteiger partial charge in [-0.05, 0) is 38.0 Å². The lowest BCUT2D eigenvalue weighted by Gasteiger charge is -2.16. The molecule has 100 valence electrons. The van der Waals surface area contributed by atoms with E-state index >= 15 is 0 Å². The maximum absolute atomic E-state index is 11.8. The van der Waals surface area contributed by atoms with Crippen molar-refractivity contribution in [2.75, 3.05) is 11.9 Å². The second-order valence-electron chi connectivity index (χ2n) is 4.49. The molecule has 3 nitrogen and oxygen atoms in total. The minimum atomic E-state index is -0.291. The van der Waals surface area contributed by atoms with E-state index in [1.807, 2.05) is 32.0 Å². The van der Waals surface area contributed by atoms with Gasteiger partial charge in [0.2, 0.25) is 5.91 Å². The molecule has 0 heterocycles. The van der Waals surface area contributed by atoms with E-state index < -0.39 is 0 Å². The number of nitrogens with one attached hydrogen (secondary N) is 2. The molecule has 1 unspecified atom stereocenters. The minimum absolute atomic E-state index is 0.000947. The van der Waals surface area contributed by atoms with Crippen molar-refractivity contribution in [3.63, 3.8) is 0 Å². The van der Waals surface area contributed by atoms with Gasteiger partial charge in [-0.2, -0.15) is 0 Å². The Bertz CT molecular complexity index is 407. The molecule has 1 amide bonds. The zero-order valence-electron chi connectivity index (χ0n) is 11.2. The zero-order chi connectivity index (χ0) is 13.5. The van der Waals surface area contributed by atoms with Gasteiger partial charge < -0.3 is 10.6 Å². The average Bonchev–Trinajstić information content (AvgIpc) is 2.34. The minimum Gasteiger partial charge on any atom is -0.373 e. The van der Waals surface area contributed by atoms with Crippen LogP contribution in [0.15, 0.2) is 18.2 Å². The summed E-state index contributed by atoms with van der Waals surface area (Å²) in [6, 6.07) is 5.43. The summed E-state index contributed by atoms with van der Waals surface area (Å²) in [7, 11) is 0. The summed E-state index contributed by atoms with van der Waals surface area (Å²) in [5.74, 6) is 0.000947. The van der Waals surface area contributed by atoms with Crippen molar-refractivity contribution < 1.29 is 4.79 Å². The van der Waals surface area contributed by atoms with Crippen LogP contribution in [0.3, 0.4) is 0 Å². The molecule has 18 heavy (non-hydrogen) atoms. The Hall–Kier alpha value is -1.22. The van der Waals surface area contributed by atoms with Crippen LogP contribution in [-0.2, 0) is 4.79 Å². The molecule has 1 rings (SSSR count). The molecule has 1 atom stereocenters. The van der Waals surface area contributed by atoms with E-state index in [9.17, 15) is 4.79 Å². The van der Waals surface area contributed by atoms with Crippen LogP contribution < -0.4 is 10.6 Å². The van der Waals surface area contributed by atoms with Crippen molar-refractivity contribution in [3.8, 4) is 0 Å². The van der Waals surface area contributed by atoms with E-state index in [1.54, 1.807) is 0 Å². The largest absolute Gasteiger partial charge is 0.373 e. The summed E-state index contributed by atoms with van der Waals surface area (Å²) < 4.78 is 0. The van der Waals surface area contributed by atoms with E-state index in [1.165, 1.54) is 0 Å². The lowest BCUT2D eigenvalue weighted by Crippen LogP contribution is -2.38. The van der Waals surface area contributed by atoms with Gasteiger partial charge in [-0.3, -0.25) is 4.79 Å². The van der Waals surface area contributed by atoms with Crippen molar-refractivity contribution in [3.05, 3.63) is 28.8 Å². The fourth-order valence-electron chi connectivity index (χ4n) is 1.59. The number of carbonyl (C=O) groups is 1. The fraction of sp³-hybridized carbons (Fsp3) is 0.500. The third-order valence-electron chi connectivity index (χ3n) is 2.72. The molecule has 0 fully saturated rings. The topological polar surface area (TPSA) is 41.1 Å². The van der Waals surface area contributed by atoms with Crippen LogP contribution in [0, 0.1) is 6.92 Å². The van der Waals surface area contributed by atoms with E-state index in [-0.39, 0.29) is 11.9 Å². The van der Waals surface area contributed by atoms with Crippen LogP contribution >= 0.6 is 11.6 Å². The number of carbonyl (C=O) groups excluding carboxylic acids is 1. The third kappa shape index (κ3) is 4.57. The van der Waals surface area contributed by atoms with Gasteiger partial charge in [0.15, 0.2) is 0 Å². The molecule has 0 saturated carbocycles. The van der Waals surface area contributed by atoms with Gasteiger partial charge in [0, 0.05) is 6.54 Å². The number of unbranched alkanes of at least 4 members (excludes halogenated alkanes) is 1. The smallest absolute Gasteiger partial charge is 0.242 e. The van der Waals surface area contributed by atoms with Gasteiger partial charge in [-0.1, -0.05) is 31.0 Å². The summed E-state index contributed by atoms with van der Waals surface area (Å²) >= 11 is 6.08. The number of aryl methyl sites for hydroxylation is 1. The number of hydrogen-bond acceptors (Lipinski definition) is 2. The lowest BCUT2D eigenvalue weighted by molar-refractivity contribution is -0.121. The molecule has 2 N–H and O–H groups in total. The second-order valence-corrected chi connectivity index (χ2v) is 4.90. The SMILES string of the molecule is CCCCNC(=O)C(C)Nc1cc(C)ccc1Cl. The monoisotopic (exact) mass is 268 g/mol. The number of rotatable bonds is 6. The molecule has 1 aromatic carbocycles. The van der Waals surface area contributed by atoms with Crippen molar-refractivity contribution in [1.29, 1.82) is 0 Å². The highest BCUT2D eigenvalue weighted by Gasteiger charge is 2.13. The predicted octanol–water partition coefficient (Wildman–Crippen LogP) is 3.37. The maximum atomic E-state index is 11.8. The number of benzene rings is 1. The molecule has 0 aliphatic heterocycles. The average molecular weight is 269 g/mol. The van der Waals surface area contributed by atoms with Crippen LogP contribution in [-0.4, -0.2) is 18.5 Å². The van der Waals surface area contributed by atoms with Crippen LogP contribution in [0.2, 0.25) is 5.02 Å². The highest BCUT2D eigenvalue weighted by molar-refractivity contribution is 6.33. The molecule has 0 aromatic heterocycles. The summed E-state index contributed by atoms with van der Waals surface area (Å²) in [4.78, 5) is 11.8. The molecule has 0 aliphatic rings. The van der Waals surface area contributed by atoms with E-state index in [2.05, 4.69) is 17.6 Å². The Morgan fingerprint density at radius 2 is 2.17 bits per heavy atom. The summed E-state index contributed by atoms with van der Waals surface area (Å²) in [5.41, 5.74) is 1.91. The quantitative estimate of drug-likeness (QED) is 0.777. The first-order chi connectivity index (χ1) is 8.54. The van der Waals surface area contributed by atoms with Crippen LogP contribution in [0.4, 0.5) is 5.69 Å². The first-order valence-corrected chi connectivity index (χ1v) is 6.72. The van der Waals surface area contributed by atoms with Gasteiger partial charge in [-0.25, -0.2) is 0 Å². The van der Waals surface area contributed by atoms with Crippen molar-refractivity contribution >= 4 is 23.2 Å². The highest BCUT2D eigenvalue weighted by atomic mass is 35.5. The van der Waals surface area contributed by atoms with Gasteiger partial charge in [0.1, 0.15) is 6.04 Å². The molecule has 4 heteroatoms. The van der Waals surface area contributed by atoms with E-state index in [4.69, 9.17) is 11.6 Å². The van der Waals surface area contributed by atoms with Crippen molar-refractivity contribution in [2.24, 2.45) is 0 Å². The molecular formula is C14H21ClN2O. The standard InChI is InChI=1S/C14H21ClN2O/c1-4-5-8-16-14(18)11(3)17-13-9-10(2)6-7-12(13)15/h6-7,9,11,17H,4-5,8H2,1-3H3,(H,16,18). The Kier molecular flexibility index (Phi) is 5.99. The first kappa shape index (κ1) is 14.8. The summed E-state index contributed by atoms with van der Waals surface area (Å²) in [6.45, 7) is 6.65. The maximum Gasteiger partial charge on any atom is 0.242 e. The first-order valence-electron chi connectivity index (χ1n) is 6.35. The van der Waals surface area contributed by atoms with Crippen LogP contribution in [0.1, 0.15) is 32.3 Å². The number of anilines is 1. The van der Waals surface area contributed by atoms with Gasteiger partial charge in [-0.15, -0.1) is 0 Å². The predicted molar refractivity (Wildman–Crippen MR) is 77.2 cm³/mol. The second kappa shape index (κ2) is 7.27. The third-order valence-corrected chi connectivity index (χ3v) is 3.05. The Labute approximate surface area is 114 Å². The molecule has 0 radical (unpaired) electrons. The summed E-state index contributed by atoms with van der Waals surface area (Å²) in [6.07, 6.45) is 2.08.